The number of carboxylic acid groups (broad SMARTS) is 1. The van der Waals surface area contributed by atoms with Crippen molar-refractivity contribution in [2.45, 2.75) is 50.4 Å². The van der Waals surface area contributed by atoms with E-state index in [4.69, 9.17) is 16.6 Å². The number of nitrogens with two attached hydrogens (primary N) is 2. The molecule has 12 nitrogen and oxygen atoms in total. The lowest BCUT2D eigenvalue weighted by molar-refractivity contribution is -0.149. The van der Waals surface area contributed by atoms with Crippen molar-refractivity contribution >= 4 is 29.6 Å². The van der Waals surface area contributed by atoms with Gasteiger partial charge in [0.05, 0.1) is 19.1 Å². The maximum Gasteiger partial charge on any atom is 0.326 e. The molecule has 0 radical (unpaired) electrons. The summed E-state index contributed by atoms with van der Waals surface area (Å²) in [6.07, 6.45) is -0.895. The lowest BCUT2D eigenvalue weighted by atomic mass is 10.1. The van der Waals surface area contributed by atoms with E-state index in [1.54, 1.807) is 0 Å². The van der Waals surface area contributed by atoms with E-state index in [9.17, 15) is 29.1 Å². The van der Waals surface area contributed by atoms with Crippen LogP contribution in [0.5, 0.6) is 0 Å². The minimum absolute atomic E-state index is 0.181. The second kappa shape index (κ2) is 9.83. The molecule has 1 aliphatic heterocycles. The van der Waals surface area contributed by atoms with E-state index in [2.05, 4.69) is 10.6 Å². The lowest BCUT2D eigenvalue weighted by Gasteiger charge is -2.26. The predicted molar refractivity (Wildman–Crippen MR) is 90.8 cm³/mol. The van der Waals surface area contributed by atoms with Gasteiger partial charge >= 0.3 is 5.97 Å². The average Bonchev–Trinajstić information content (AvgIpc) is 3.07. The van der Waals surface area contributed by atoms with Gasteiger partial charge < -0.3 is 37.2 Å². The van der Waals surface area contributed by atoms with Gasteiger partial charge in [-0.2, -0.15) is 0 Å². The summed E-state index contributed by atoms with van der Waals surface area (Å²) < 4.78 is 0. The smallest absolute Gasteiger partial charge is 0.326 e. The van der Waals surface area contributed by atoms with Gasteiger partial charge in [0.15, 0.2) is 0 Å². The summed E-state index contributed by atoms with van der Waals surface area (Å²) in [6, 6.07) is -3.62. The number of likely N-dealkylation sites (tertiary alicyclic amines) is 1. The Kier molecular flexibility index (Phi) is 8.12. The van der Waals surface area contributed by atoms with Gasteiger partial charge in [-0.05, 0) is 19.8 Å². The van der Waals surface area contributed by atoms with Crippen LogP contribution < -0.4 is 22.1 Å². The van der Waals surface area contributed by atoms with Crippen LogP contribution >= 0.6 is 0 Å². The minimum Gasteiger partial charge on any atom is -0.480 e. The van der Waals surface area contributed by atoms with Gasteiger partial charge in [-0.15, -0.1) is 0 Å². The van der Waals surface area contributed by atoms with E-state index in [-0.39, 0.29) is 13.0 Å². The average molecular weight is 387 g/mol. The molecule has 0 bridgehead atoms. The zero-order chi connectivity index (χ0) is 20.7. The fourth-order valence-electron chi connectivity index (χ4n) is 2.64. The Hall–Kier alpha value is -2.73. The SMILES string of the molecule is CC(O)C(N)C(=O)NCC(=O)NC(CC(N)=O)C(=O)N1CCCC1C(=O)O. The molecule has 0 aromatic rings. The normalized spacial score (nSPS) is 19.7. The Bertz CT molecular complexity index is 609. The molecule has 12 heteroatoms. The maximum atomic E-state index is 12.6. The van der Waals surface area contributed by atoms with Gasteiger partial charge in [0.1, 0.15) is 18.1 Å². The van der Waals surface area contributed by atoms with Crippen LogP contribution in [-0.2, 0) is 24.0 Å². The Balaban J connectivity index is 2.72. The molecule has 0 spiro atoms. The van der Waals surface area contributed by atoms with Crippen LogP contribution in [0.2, 0.25) is 0 Å². The largest absolute Gasteiger partial charge is 0.480 e. The highest BCUT2D eigenvalue weighted by atomic mass is 16.4. The van der Waals surface area contributed by atoms with Gasteiger partial charge in [0.25, 0.3) is 0 Å². The summed E-state index contributed by atoms with van der Waals surface area (Å²) in [4.78, 5) is 59.7. The topological polar surface area (TPSA) is 205 Å². The number of aliphatic hydroxyl groups excluding tert-OH is 1. The number of carbonyl (C=O) groups is 5. The number of nitrogens with zero attached hydrogens (tertiary/aromatic N) is 1. The van der Waals surface area contributed by atoms with Crippen LogP contribution in [0.3, 0.4) is 0 Å². The summed E-state index contributed by atoms with van der Waals surface area (Å²) in [5.74, 6) is -4.35. The molecule has 1 heterocycles. The third-order valence-electron chi connectivity index (χ3n) is 4.11. The van der Waals surface area contributed by atoms with Crippen molar-refractivity contribution in [2.75, 3.05) is 13.1 Å². The summed E-state index contributed by atoms with van der Waals surface area (Å²) in [5.41, 5.74) is 10.5. The first-order valence-corrected chi connectivity index (χ1v) is 8.37. The van der Waals surface area contributed by atoms with Crippen molar-refractivity contribution < 1.29 is 34.2 Å². The van der Waals surface area contributed by atoms with Crippen LogP contribution in [0.1, 0.15) is 26.2 Å². The molecule has 4 unspecified atom stereocenters. The van der Waals surface area contributed by atoms with Crippen molar-refractivity contribution in [2.24, 2.45) is 11.5 Å². The number of aliphatic carboxylic acids is 1. The van der Waals surface area contributed by atoms with Crippen molar-refractivity contribution in [3.8, 4) is 0 Å². The zero-order valence-electron chi connectivity index (χ0n) is 14.9. The Morgan fingerprint density at radius 3 is 2.41 bits per heavy atom. The molecular weight excluding hydrogens is 362 g/mol. The number of primary amides is 1. The summed E-state index contributed by atoms with van der Waals surface area (Å²) in [5, 5.41) is 22.8. The summed E-state index contributed by atoms with van der Waals surface area (Å²) >= 11 is 0. The van der Waals surface area contributed by atoms with Crippen LogP contribution in [0.25, 0.3) is 0 Å². The van der Waals surface area contributed by atoms with E-state index >= 15 is 0 Å². The van der Waals surface area contributed by atoms with Gasteiger partial charge in [0, 0.05) is 6.54 Å². The number of rotatable bonds is 9. The first kappa shape index (κ1) is 22.3. The molecule has 0 aliphatic carbocycles. The molecule has 8 N–H and O–H groups in total. The fourth-order valence-corrected chi connectivity index (χ4v) is 2.64. The first-order chi connectivity index (χ1) is 12.5. The van der Waals surface area contributed by atoms with E-state index < -0.39 is 66.8 Å². The molecular formula is C15H25N5O7. The monoisotopic (exact) mass is 387 g/mol. The van der Waals surface area contributed by atoms with Crippen molar-refractivity contribution in [3.05, 3.63) is 0 Å². The van der Waals surface area contributed by atoms with E-state index in [0.29, 0.717) is 6.42 Å². The number of carbonyl (C=O) groups excluding carboxylic acids is 4. The first-order valence-electron chi connectivity index (χ1n) is 8.37. The molecule has 152 valence electrons. The van der Waals surface area contributed by atoms with E-state index in [0.717, 1.165) is 4.90 Å². The summed E-state index contributed by atoms with van der Waals surface area (Å²) in [6.45, 7) is 0.936. The van der Waals surface area contributed by atoms with Gasteiger partial charge in [0.2, 0.25) is 23.6 Å². The van der Waals surface area contributed by atoms with E-state index in [1.165, 1.54) is 6.92 Å². The Morgan fingerprint density at radius 1 is 1.26 bits per heavy atom. The van der Waals surface area contributed by atoms with Crippen molar-refractivity contribution in [1.29, 1.82) is 0 Å². The third kappa shape index (κ3) is 6.49. The maximum absolute atomic E-state index is 12.6. The molecule has 4 amide bonds. The van der Waals surface area contributed by atoms with E-state index in [1.807, 2.05) is 0 Å². The molecule has 4 atom stereocenters. The number of hydrogen-bond donors (Lipinski definition) is 6. The van der Waals surface area contributed by atoms with Crippen LogP contribution in [0, 0.1) is 0 Å². The molecule has 1 fully saturated rings. The number of aliphatic hydroxyl groups is 1. The lowest BCUT2D eigenvalue weighted by Crippen LogP contribution is -2.55. The van der Waals surface area contributed by atoms with Crippen LogP contribution in [0.15, 0.2) is 0 Å². The molecule has 0 aromatic carbocycles. The van der Waals surface area contributed by atoms with Crippen molar-refractivity contribution in [3.63, 3.8) is 0 Å². The molecule has 1 saturated heterocycles. The standard InChI is InChI=1S/C15H25N5O7/c1-7(21)12(17)13(24)18-6-11(23)19-8(5-10(16)22)14(25)20-4-2-3-9(20)15(26)27/h7-9,12,21H,2-6,17H2,1H3,(H2,16,22)(H,18,24)(H,19,23)(H,26,27). The number of carboxylic acids is 1. The molecule has 27 heavy (non-hydrogen) atoms. The van der Waals surface area contributed by atoms with Crippen LogP contribution in [-0.4, -0.2) is 82.0 Å². The fraction of sp³-hybridized carbons (Fsp3) is 0.667. The Labute approximate surface area is 155 Å². The number of nitrogens with one attached hydrogen (secondary N) is 2. The number of hydrogen-bond acceptors (Lipinski definition) is 7. The van der Waals surface area contributed by atoms with Gasteiger partial charge in [-0.1, -0.05) is 0 Å². The van der Waals surface area contributed by atoms with Crippen molar-refractivity contribution in [1.82, 2.24) is 15.5 Å². The zero-order valence-corrected chi connectivity index (χ0v) is 14.9. The summed E-state index contributed by atoms with van der Waals surface area (Å²) in [7, 11) is 0. The highest BCUT2D eigenvalue weighted by Gasteiger charge is 2.38. The van der Waals surface area contributed by atoms with Gasteiger partial charge in [-0.25, -0.2) is 4.79 Å². The molecule has 0 aromatic heterocycles. The highest BCUT2D eigenvalue weighted by molar-refractivity contribution is 5.95. The molecule has 0 saturated carbocycles. The molecule has 1 aliphatic rings. The van der Waals surface area contributed by atoms with Gasteiger partial charge in [-0.3, -0.25) is 19.2 Å². The second-order valence-corrected chi connectivity index (χ2v) is 6.30. The minimum atomic E-state index is -1.35. The highest BCUT2D eigenvalue weighted by Crippen LogP contribution is 2.19. The van der Waals surface area contributed by atoms with Crippen LogP contribution in [0.4, 0.5) is 0 Å². The predicted octanol–water partition coefficient (Wildman–Crippen LogP) is -3.75. The Morgan fingerprint density at radius 2 is 1.89 bits per heavy atom. The second-order valence-electron chi connectivity index (χ2n) is 6.30. The number of amides is 4. The third-order valence-corrected chi connectivity index (χ3v) is 4.11. The quantitative estimate of drug-likeness (QED) is 0.231. The molecule has 1 rings (SSSR count).